The first-order valence-electron chi connectivity index (χ1n) is 6.49. The highest BCUT2D eigenvalue weighted by molar-refractivity contribution is 6.44. The molecule has 2 rings (SSSR count). The molecule has 1 aliphatic rings. The molecule has 1 aromatic rings. The molecule has 1 aliphatic heterocycles. The van der Waals surface area contributed by atoms with Crippen molar-refractivity contribution in [2.45, 2.75) is 13.0 Å². The van der Waals surface area contributed by atoms with E-state index < -0.39 is 18.0 Å². The highest BCUT2D eigenvalue weighted by atomic mass is 35.5. The van der Waals surface area contributed by atoms with Crippen molar-refractivity contribution in [2.75, 3.05) is 18.5 Å². The van der Waals surface area contributed by atoms with Gasteiger partial charge in [0.1, 0.15) is 19.5 Å². The molecular formula is C14H12Cl3NO5. The third-order valence-electron chi connectivity index (χ3n) is 2.77. The Labute approximate surface area is 147 Å². The van der Waals surface area contributed by atoms with Gasteiger partial charge in [0.15, 0.2) is 6.10 Å². The molecule has 0 saturated heterocycles. The lowest BCUT2D eigenvalue weighted by Gasteiger charge is -2.17. The number of hydrogen-bond acceptors (Lipinski definition) is 5. The summed E-state index contributed by atoms with van der Waals surface area (Å²) < 4.78 is 15.0. The van der Waals surface area contributed by atoms with E-state index >= 15 is 0 Å². The van der Waals surface area contributed by atoms with Gasteiger partial charge in [-0.1, -0.05) is 34.8 Å². The lowest BCUT2D eigenvalue weighted by atomic mass is 10.3. The summed E-state index contributed by atoms with van der Waals surface area (Å²) in [6, 6.07) is 2.80. The second-order valence-electron chi connectivity index (χ2n) is 4.48. The summed E-state index contributed by atoms with van der Waals surface area (Å²) in [6.45, 7) is 1.99. The minimum atomic E-state index is -1.08. The third-order valence-corrected chi connectivity index (χ3v) is 3.81. The number of rotatable bonds is 4. The van der Waals surface area contributed by atoms with Crippen LogP contribution in [0.25, 0.3) is 0 Å². The molecule has 9 heteroatoms. The maximum Gasteiger partial charge on any atom is 0.377 e. The number of hydrogen-bond donors (Lipinski definition) is 1. The fourth-order valence-electron chi connectivity index (χ4n) is 1.60. The number of carbonyl (C=O) groups excluding carboxylic acids is 2. The van der Waals surface area contributed by atoms with Gasteiger partial charge >= 0.3 is 5.97 Å². The zero-order valence-corrected chi connectivity index (χ0v) is 14.2. The van der Waals surface area contributed by atoms with Crippen molar-refractivity contribution in [3.8, 4) is 0 Å². The number of ether oxygens (including phenoxy) is 3. The van der Waals surface area contributed by atoms with E-state index in [1.165, 1.54) is 19.1 Å². The molecule has 0 aromatic heterocycles. The van der Waals surface area contributed by atoms with Gasteiger partial charge in [-0.2, -0.15) is 0 Å². The Morgan fingerprint density at radius 1 is 1.17 bits per heavy atom. The first kappa shape index (κ1) is 17.7. The zero-order valence-electron chi connectivity index (χ0n) is 11.9. The van der Waals surface area contributed by atoms with Gasteiger partial charge in [-0.15, -0.1) is 0 Å². The molecule has 1 N–H and O–H groups in total. The Balaban J connectivity index is 1.99. The molecule has 1 amide bonds. The van der Waals surface area contributed by atoms with Crippen molar-refractivity contribution >= 4 is 52.4 Å². The number of carbonyl (C=O) groups is 2. The largest absolute Gasteiger partial charge is 0.493 e. The Morgan fingerprint density at radius 3 is 2.52 bits per heavy atom. The SMILES string of the molecule is C[C@H](OC(=O)C1=COCCO1)C(=O)Nc1cc(Cl)c(Cl)cc1Cl. The number of esters is 1. The van der Waals surface area contributed by atoms with E-state index in [0.29, 0.717) is 6.61 Å². The van der Waals surface area contributed by atoms with E-state index in [-0.39, 0.29) is 33.1 Å². The molecule has 1 heterocycles. The number of benzene rings is 1. The van der Waals surface area contributed by atoms with Crippen LogP contribution >= 0.6 is 34.8 Å². The molecule has 1 aromatic carbocycles. The molecule has 0 saturated carbocycles. The topological polar surface area (TPSA) is 73.9 Å². The number of anilines is 1. The monoisotopic (exact) mass is 379 g/mol. The predicted octanol–water partition coefficient (Wildman–Crippen LogP) is 3.41. The Hall–Kier alpha value is -1.63. The lowest BCUT2D eigenvalue weighted by Crippen LogP contribution is -2.31. The van der Waals surface area contributed by atoms with Crippen LogP contribution < -0.4 is 5.32 Å². The smallest absolute Gasteiger partial charge is 0.377 e. The van der Waals surface area contributed by atoms with Gasteiger partial charge in [0.2, 0.25) is 5.76 Å². The molecule has 0 fully saturated rings. The maximum absolute atomic E-state index is 12.1. The van der Waals surface area contributed by atoms with Crippen molar-refractivity contribution in [1.82, 2.24) is 0 Å². The maximum atomic E-state index is 12.1. The Morgan fingerprint density at radius 2 is 1.87 bits per heavy atom. The fraction of sp³-hybridized carbons (Fsp3) is 0.286. The van der Waals surface area contributed by atoms with E-state index in [4.69, 9.17) is 49.0 Å². The fourth-order valence-corrected chi connectivity index (χ4v) is 2.19. The zero-order chi connectivity index (χ0) is 17.0. The summed E-state index contributed by atoms with van der Waals surface area (Å²) in [6.07, 6.45) is 0.0613. The number of halogens is 3. The first-order valence-corrected chi connectivity index (χ1v) is 7.63. The van der Waals surface area contributed by atoms with Crippen LogP contribution in [-0.4, -0.2) is 31.2 Å². The Kier molecular flexibility index (Phi) is 5.98. The van der Waals surface area contributed by atoms with E-state index in [1.807, 2.05) is 0 Å². The molecular weight excluding hydrogens is 369 g/mol. The average Bonchev–Trinajstić information content (AvgIpc) is 2.53. The van der Waals surface area contributed by atoms with Crippen LogP contribution in [0.4, 0.5) is 5.69 Å². The second kappa shape index (κ2) is 7.77. The summed E-state index contributed by atoms with van der Waals surface area (Å²) in [5.74, 6) is -1.48. The van der Waals surface area contributed by atoms with Crippen molar-refractivity contribution in [1.29, 1.82) is 0 Å². The van der Waals surface area contributed by atoms with Crippen LogP contribution in [0.5, 0.6) is 0 Å². The van der Waals surface area contributed by atoms with Gasteiger partial charge in [0, 0.05) is 0 Å². The molecule has 6 nitrogen and oxygen atoms in total. The van der Waals surface area contributed by atoms with Crippen LogP contribution in [-0.2, 0) is 23.8 Å². The van der Waals surface area contributed by atoms with Gasteiger partial charge in [0.05, 0.1) is 20.8 Å². The Bertz CT molecular complexity index is 662. The quantitative estimate of drug-likeness (QED) is 0.640. The summed E-state index contributed by atoms with van der Waals surface area (Å²) in [7, 11) is 0. The van der Waals surface area contributed by atoms with Gasteiger partial charge in [-0.25, -0.2) is 4.79 Å². The minimum Gasteiger partial charge on any atom is -0.493 e. The molecule has 124 valence electrons. The van der Waals surface area contributed by atoms with Gasteiger partial charge in [-0.05, 0) is 19.1 Å². The number of amides is 1. The van der Waals surface area contributed by atoms with E-state index in [9.17, 15) is 9.59 Å². The highest BCUT2D eigenvalue weighted by Gasteiger charge is 2.24. The molecule has 0 spiro atoms. The average molecular weight is 381 g/mol. The van der Waals surface area contributed by atoms with Crippen molar-refractivity contribution < 1.29 is 23.8 Å². The number of nitrogens with one attached hydrogen (secondary N) is 1. The summed E-state index contributed by atoms with van der Waals surface area (Å²) >= 11 is 17.6. The van der Waals surface area contributed by atoms with Crippen LogP contribution in [0.15, 0.2) is 24.2 Å². The van der Waals surface area contributed by atoms with Crippen LogP contribution in [0.2, 0.25) is 15.1 Å². The summed E-state index contributed by atoms with van der Waals surface area (Å²) in [4.78, 5) is 23.9. The minimum absolute atomic E-state index is 0.0940. The highest BCUT2D eigenvalue weighted by Crippen LogP contribution is 2.32. The summed E-state index contributed by atoms with van der Waals surface area (Å²) in [5, 5.41) is 3.20. The van der Waals surface area contributed by atoms with Gasteiger partial charge in [-0.3, -0.25) is 4.79 Å². The van der Waals surface area contributed by atoms with Gasteiger partial charge < -0.3 is 19.5 Å². The lowest BCUT2D eigenvalue weighted by molar-refractivity contribution is -0.153. The molecule has 0 aliphatic carbocycles. The van der Waals surface area contributed by atoms with Crippen molar-refractivity contribution in [2.24, 2.45) is 0 Å². The molecule has 0 unspecified atom stereocenters. The normalized spacial score (nSPS) is 14.9. The van der Waals surface area contributed by atoms with Crippen LogP contribution in [0.1, 0.15) is 6.92 Å². The third kappa shape index (κ3) is 4.67. The molecule has 0 radical (unpaired) electrons. The molecule has 23 heavy (non-hydrogen) atoms. The molecule has 0 bridgehead atoms. The van der Waals surface area contributed by atoms with Gasteiger partial charge in [0.25, 0.3) is 5.91 Å². The van der Waals surface area contributed by atoms with Crippen LogP contribution in [0.3, 0.4) is 0 Å². The molecule has 1 atom stereocenters. The van der Waals surface area contributed by atoms with E-state index in [0.717, 1.165) is 6.26 Å². The first-order chi connectivity index (χ1) is 10.9. The van der Waals surface area contributed by atoms with Crippen molar-refractivity contribution in [3.63, 3.8) is 0 Å². The second-order valence-corrected chi connectivity index (χ2v) is 5.71. The summed E-state index contributed by atoms with van der Waals surface area (Å²) in [5.41, 5.74) is 0.255. The van der Waals surface area contributed by atoms with E-state index in [2.05, 4.69) is 5.32 Å². The van der Waals surface area contributed by atoms with Crippen LogP contribution in [0, 0.1) is 0 Å². The van der Waals surface area contributed by atoms with E-state index in [1.54, 1.807) is 0 Å². The van der Waals surface area contributed by atoms with Crippen molar-refractivity contribution in [3.05, 3.63) is 39.2 Å². The standard InChI is InChI=1S/C14H12Cl3NO5/c1-7(23-14(20)12-6-21-2-3-22-12)13(19)18-11-5-9(16)8(15)4-10(11)17/h4-7H,2-3H2,1H3,(H,18,19)/t7-/m0/s1. The predicted molar refractivity (Wildman–Crippen MR) is 85.6 cm³/mol.